The van der Waals surface area contributed by atoms with E-state index in [0.717, 1.165) is 29.4 Å². The van der Waals surface area contributed by atoms with Crippen molar-refractivity contribution in [3.63, 3.8) is 0 Å². The highest BCUT2D eigenvalue weighted by Gasteiger charge is 2.20. The van der Waals surface area contributed by atoms with Gasteiger partial charge < -0.3 is 9.80 Å². The monoisotopic (exact) mass is 340 g/mol. The Kier molecular flexibility index (Phi) is 5.21. The van der Waals surface area contributed by atoms with E-state index in [9.17, 15) is 4.79 Å². The molecule has 0 saturated carbocycles. The van der Waals surface area contributed by atoms with Crippen LogP contribution >= 0.6 is 11.6 Å². The average Bonchev–Trinajstić information content (AvgIpc) is 2.60. The van der Waals surface area contributed by atoms with Gasteiger partial charge in [0.05, 0.1) is 10.7 Å². The molecule has 1 amide bonds. The van der Waals surface area contributed by atoms with Gasteiger partial charge in [0.15, 0.2) is 0 Å². The molecule has 1 fully saturated rings. The molecule has 1 heterocycles. The van der Waals surface area contributed by atoms with Crippen LogP contribution in [0.1, 0.15) is 11.1 Å². The fourth-order valence-electron chi connectivity index (χ4n) is 2.92. The van der Waals surface area contributed by atoms with Crippen LogP contribution in [-0.2, 0) is 4.79 Å². The van der Waals surface area contributed by atoms with Crippen LogP contribution in [0.25, 0.3) is 6.08 Å². The van der Waals surface area contributed by atoms with E-state index < -0.39 is 0 Å². The zero-order chi connectivity index (χ0) is 16.9. The van der Waals surface area contributed by atoms with Crippen LogP contribution in [0.4, 0.5) is 5.69 Å². The molecule has 4 heteroatoms. The largest absolute Gasteiger partial charge is 0.367 e. The van der Waals surface area contributed by atoms with E-state index in [2.05, 4.69) is 11.0 Å². The van der Waals surface area contributed by atoms with E-state index in [-0.39, 0.29) is 5.91 Å². The lowest BCUT2D eigenvalue weighted by molar-refractivity contribution is -0.126. The minimum Gasteiger partial charge on any atom is -0.367 e. The van der Waals surface area contributed by atoms with E-state index in [1.54, 1.807) is 6.08 Å². The number of amides is 1. The van der Waals surface area contributed by atoms with Gasteiger partial charge in [-0.25, -0.2) is 0 Å². The van der Waals surface area contributed by atoms with Gasteiger partial charge in [-0.2, -0.15) is 0 Å². The van der Waals surface area contributed by atoms with Crippen molar-refractivity contribution in [2.45, 2.75) is 6.92 Å². The highest BCUT2D eigenvalue weighted by Crippen LogP contribution is 2.26. The molecular formula is C20H21ClN2O. The Morgan fingerprint density at radius 3 is 2.50 bits per heavy atom. The first-order chi connectivity index (χ1) is 11.6. The Morgan fingerprint density at radius 2 is 1.79 bits per heavy atom. The Morgan fingerprint density at radius 1 is 1.04 bits per heavy atom. The van der Waals surface area contributed by atoms with Crippen molar-refractivity contribution in [2.75, 3.05) is 31.1 Å². The van der Waals surface area contributed by atoms with Crippen molar-refractivity contribution in [1.82, 2.24) is 4.90 Å². The van der Waals surface area contributed by atoms with Crippen LogP contribution in [0.15, 0.2) is 54.6 Å². The number of para-hydroxylation sites is 1. The number of halogens is 1. The molecular weight excluding hydrogens is 320 g/mol. The van der Waals surface area contributed by atoms with Gasteiger partial charge in [-0.1, -0.05) is 53.6 Å². The molecule has 3 nitrogen and oxygen atoms in total. The summed E-state index contributed by atoms with van der Waals surface area (Å²) >= 11 is 6.25. The number of carbonyl (C=O) groups is 1. The fraction of sp³-hybridized carbons (Fsp3) is 0.250. The zero-order valence-corrected chi connectivity index (χ0v) is 14.5. The van der Waals surface area contributed by atoms with Gasteiger partial charge in [0.2, 0.25) is 5.91 Å². The Bertz CT molecular complexity index is 749. The summed E-state index contributed by atoms with van der Waals surface area (Å²) in [4.78, 5) is 16.5. The molecule has 0 unspecified atom stereocenters. The average molecular weight is 341 g/mol. The van der Waals surface area contributed by atoms with Gasteiger partial charge in [0, 0.05) is 32.3 Å². The Hall–Kier alpha value is -2.26. The van der Waals surface area contributed by atoms with Crippen LogP contribution in [0.5, 0.6) is 0 Å². The molecule has 3 rings (SSSR count). The molecule has 0 N–H and O–H groups in total. The van der Waals surface area contributed by atoms with Crippen LogP contribution in [0.3, 0.4) is 0 Å². The van der Waals surface area contributed by atoms with Crippen molar-refractivity contribution in [2.24, 2.45) is 0 Å². The van der Waals surface area contributed by atoms with Gasteiger partial charge in [0.1, 0.15) is 0 Å². The Balaban J connectivity index is 1.58. The molecule has 0 spiro atoms. The highest BCUT2D eigenvalue weighted by atomic mass is 35.5. The van der Waals surface area contributed by atoms with Gasteiger partial charge in [-0.05, 0) is 30.7 Å². The molecule has 0 bridgehead atoms. The highest BCUT2D eigenvalue weighted by molar-refractivity contribution is 6.33. The van der Waals surface area contributed by atoms with Crippen molar-refractivity contribution < 1.29 is 4.79 Å². The first kappa shape index (κ1) is 16.6. The molecule has 2 aromatic carbocycles. The van der Waals surface area contributed by atoms with Crippen LogP contribution in [-0.4, -0.2) is 37.0 Å². The van der Waals surface area contributed by atoms with E-state index in [1.807, 2.05) is 60.4 Å². The standard InChI is InChI=1S/C20H21ClN2O/c1-16-5-4-6-17(15-16)9-10-20(24)23-13-11-22(12-14-23)19-8-3-2-7-18(19)21/h2-10,15H,11-14H2,1H3/b10-9+. The van der Waals surface area contributed by atoms with E-state index in [4.69, 9.17) is 11.6 Å². The van der Waals surface area contributed by atoms with Gasteiger partial charge in [0.25, 0.3) is 0 Å². The summed E-state index contributed by atoms with van der Waals surface area (Å²) in [6, 6.07) is 16.0. The fourth-order valence-corrected chi connectivity index (χ4v) is 3.18. The first-order valence-corrected chi connectivity index (χ1v) is 8.54. The summed E-state index contributed by atoms with van der Waals surface area (Å²) in [7, 11) is 0. The molecule has 1 aliphatic rings. The molecule has 1 saturated heterocycles. The van der Waals surface area contributed by atoms with Gasteiger partial charge in [-0.3, -0.25) is 4.79 Å². The molecule has 2 aromatic rings. The molecule has 0 radical (unpaired) electrons. The van der Waals surface area contributed by atoms with E-state index in [0.29, 0.717) is 13.1 Å². The topological polar surface area (TPSA) is 23.6 Å². The minimum atomic E-state index is 0.0651. The van der Waals surface area contributed by atoms with Crippen molar-refractivity contribution in [3.8, 4) is 0 Å². The van der Waals surface area contributed by atoms with Crippen LogP contribution < -0.4 is 4.90 Å². The second kappa shape index (κ2) is 7.54. The smallest absolute Gasteiger partial charge is 0.246 e. The lowest BCUT2D eigenvalue weighted by Crippen LogP contribution is -2.48. The summed E-state index contributed by atoms with van der Waals surface area (Å²) in [5.74, 6) is 0.0651. The molecule has 24 heavy (non-hydrogen) atoms. The number of rotatable bonds is 3. The number of aryl methyl sites for hydroxylation is 1. The third-order valence-electron chi connectivity index (χ3n) is 4.24. The SMILES string of the molecule is Cc1cccc(/C=C/C(=O)N2CCN(c3ccccc3Cl)CC2)c1. The maximum atomic E-state index is 12.4. The number of hydrogen-bond acceptors (Lipinski definition) is 2. The molecule has 0 aliphatic carbocycles. The number of nitrogens with zero attached hydrogens (tertiary/aromatic N) is 2. The van der Waals surface area contributed by atoms with E-state index >= 15 is 0 Å². The third-order valence-corrected chi connectivity index (χ3v) is 4.56. The molecule has 124 valence electrons. The van der Waals surface area contributed by atoms with Crippen LogP contribution in [0.2, 0.25) is 5.02 Å². The molecule has 0 atom stereocenters. The summed E-state index contributed by atoms with van der Waals surface area (Å²) in [6.07, 6.45) is 3.55. The van der Waals surface area contributed by atoms with Crippen LogP contribution in [0, 0.1) is 6.92 Å². The van der Waals surface area contributed by atoms with Gasteiger partial charge in [-0.15, -0.1) is 0 Å². The number of carbonyl (C=O) groups excluding carboxylic acids is 1. The molecule has 0 aromatic heterocycles. The quantitative estimate of drug-likeness (QED) is 0.788. The van der Waals surface area contributed by atoms with Crippen molar-refractivity contribution >= 4 is 29.3 Å². The second-order valence-electron chi connectivity index (χ2n) is 6.01. The summed E-state index contributed by atoms with van der Waals surface area (Å²) in [5.41, 5.74) is 3.29. The van der Waals surface area contributed by atoms with Crippen molar-refractivity contribution in [3.05, 3.63) is 70.8 Å². The lowest BCUT2D eigenvalue weighted by atomic mass is 10.1. The predicted octanol–water partition coefficient (Wildman–Crippen LogP) is 4.01. The summed E-state index contributed by atoms with van der Waals surface area (Å²) in [5, 5.41) is 0.761. The number of piperazine rings is 1. The van der Waals surface area contributed by atoms with E-state index in [1.165, 1.54) is 5.56 Å². The lowest BCUT2D eigenvalue weighted by Gasteiger charge is -2.36. The van der Waals surface area contributed by atoms with Crippen molar-refractivity contribution in [1.29, 1.82) is 0 Å². The number of hydrogen-bond donors (Lipinski definition) is 0. The molecule has 1 aliphatic heterocycles. The summed E-state index contributed by atoms with van der Waals surface area (Å²) in [6.45, 7) is 5.07. The predicted molar refractivity (Wildman–Crippen MR) is 100 cm³/mol. The maximum Gasteiger partial charge on any atom is 0.246 e. The third kappa shape index (κ3) is 3.98. The number of benzene rings is 2. The summed E-state index contributed by atoms with van der Waals surface area (Å²) < 4.78 is 0. The zero-order valence-electron chi connectivity index (χ0n) is 13.8. The normalized spacial score (nSPS) is 15.1. The van der Waals surface area contributed by atoms with Gasteiger partial charge >= 0.3 is 0 Å². The second-order valence-corrected chi connectivity index (χ2v) is 6.42. The number of anilines is 1. The maximum absolute atomic E-state index is 12.4. The first-order valence-electron chi connectivity index (χ1n) is 8.16. The Labute approximate surface area is 148 Å². The minimum absolute atomic E-state index is 0.0651.